The topological polar surface area (TPSA) is 12.0 Å². The van der Waals surface area contributed by atoms with E-state index in [1.165, 1.54) is 5.56 Å². The van der Waals surface area contributed by atoms with Crippen molar-refractivity contribution in [1.29, 1.82) is 0 Å². The summed E-state index contributed by atoms with van der Waals surface area (Å²) in [5.41, 5.74) is 2.29. The second-order valence-corrected chi connectivity index (χ2v) is 7.57. The summed E-state index contributed by atoms with van der Waals surface area (Å²) in [5.74, 6) is 0.785. The normalized spacial score (nSPS) is 22.2. The number of nitrogens with one attached hydrogen (secondary N) is 1. The third-order valence-electron chi connectivity index (χ3n) is 5.45. The number of rotatable bonds is 5. The standard InChI is InChI=1S/C17H26ClN/c1-12(10-13-6-8-14(18)9-7-13)19-11-15-16(2,3)17(15,4)5/h6-9,12,15,19H,10-11H2,1-5H3. The summed E-state index contributed by atoms with van der Waals surface area (Å²) in [6.07, 6.45) is 1.06. The molecule has 0 bridgehead atoms. The van der Waals surface area contributed by atoms with Crippen molar-refractivity contribution < 1.29 is 0 Å². The molecule has 0 radical (unpaired) electrons. The Balaban J connectivity index is 1.80. The molecule has 0 spiro atoms. The molecule has 2 rings (SSSR count). The van der Waals surface area contributed by atoms with E-state index in [-0.39, 0.29) is 0 Å². The molecule has 1 atom stereocenters. The van der Waals surface area contributed by atoms with Crippen LogP contribution in [0.4, 0.5) is 0 Å². The van der Waals surface area contributed by atoms with Gasteiger partial charge in [0, 0.05) is 11.1 Å². The summed E-state index contributed by atoms with van der Waals surface area (Å²) in [6, 6.07) is 8.68. The van der Waals surface area contributed by atoms with Crippen molar-refractivity contribution in [2.24, 2.45) is 16.7 Å². The molecule has 1 fully saturated rings. The van der Waals surface area contributed by atoms with Gasteiger partial charge in [-0.2, -0.15) is 0 Å². The van der Waals surface area contributed by atoms with Gasteiger partial charge in [0.2, 0.25) is 0 Å². The third kappa shape index (κ3) is 2.98. The largest absolute Gasteiger partial charge is 0.314 e. The Hall–Kier alpha value is -0.530. The van der Waals surface area contributed by atoms with Crippen LogP contribution >= 0.6 is 11.6 Å². The van der Waals surface area contributed by atoms with Gasteiger partial charge in [-0.15, -0.1) is 0 Å². The van der Waals surface area contributed by atoms with Gasteiger partial charge in [-0.25, -0.2) is 0 Å². The minimum atomic E-state index is 0.472. The molecule has 1 saturated carbocycles. The van der Waals surface area contributed by atoms with Crippen molar-refractivity contribution in [3.8, 4) is 0 Å². The zero-order chi connectivity index (χ0) is 14.3. The van der Waals surface area contributed by atoms with E-state index in [1.54, 1.807) is 0 Å². The van der Waals surface area contributed by atoms with Crippen molar-refractivity contribution >= 4 is 11.6 Å². The van der Waals surface area contributed by atoms with Gasteiger partial charge < -0.3 is 5.32 Å². The van der Waals surface area contributed by atoms with Crippen molar-refractivity contribution in [3.05, 3.63) is 34.9 Å². The minimum absolute atomic E-state index is 0.472. The Kier molecular flexibility index (Phi) is 3.99. The van der Waals surface area contributed by atoms with E-state index in [9.17, 15) is 0 Å². The Morgan fingerprint density at radius 1 is 1.11 bits per heavy atom. The lowest BCUT2D eigenvalue weighted by atomic mass is 10.0. The van der Waals surface area contributed by atoms with Gasteiger partial charge in [-0.1, -0.05) is 51.4 Å². The lowest BCUT2D eigenvalue weighted by molar-refractivity contribution is 0.457. The van der Waals surface area contributed by atoms with Crippen molar-refractivity contribution in [2.45, 2.75) is 47.1 Å². The van der Waals surface area contributed by atoms with Crippen LogP contribution in [0.2, 0.25) is 5.02 Å². The molecule has 106 valence electrons. The first-order chi connectivity index (χ1) is 8.75. The Labute approximate surface area is 122 Å². The van der Waals surface area contributed by atoms with Crippen LogP contribution < -0.4 is 5.32 Å². The molecule has 0 saturated heterocycles. The second kappa shape index (κ2) is 5.10. The maximum absolute atomic E-state index is 5.91. The molecule has 1 unspecified atom stereocenters. The van der Waals surface area contributed by atoms with Gasteiger partial charge in [0.05, 0.1) is 0 Å². The predicted octanol–water partition coefficient (Wildman–Crippen LogP) is 4.54. The number of hydrogen-bond acceptors (Lipinski definition) is 1. The van der Waals surface area contributed by atoms with E-state index in [4.69, 9.17) is 11.6 Å². The van der Waals surface area contributed by atoms with Crippen LogP contribution in [0.5, 0.6) is 0 Å². The summed E-state index contributed by atoms with van der Waals surface area (Å²) in [4.78, 5) is 0. The van der Waals surface area contributed by atoms with Gasteiger partial charge in [-0.3, -0.25) is 0 Å². The van der Waals surface area contributed by atoms with Gasteiger partial charge in [0.25, 0.3) is 0 Å². The van der Waals surface area contributed by atoms with Gasteiger partial charge in [0.15, 0.2) is 0 Å². The van der Waals surface area contributed by atoms with E-state index in [0.717, 1.165) is 23.9 Å². The smallest absolute Gasteiger partial charge is 0.0406 e. The van der Waals surface area contributed by atoms with Crippen molar-refractivity contribution in [1.82, 2.24) is 5.32 Å². The SMILES string of the molecule is CC(Cc1ccc(Cl)cc1)NCC1C(C)(C)C1(C)C. The highest BCUT2D eigenvalue weighted by Gasteiger charge is 2.63. The van der Waals surface area contributed by atoms with Crippen LogP contribution in [-0.2, 0) is 6.42 Å². The average Bonchev–Trinajstić information content (AvgIpc) is 2.70. The molecular weight excluding hydrogens is 254 g/mol. The number of halogens is 1. The first-order valence-electron chi connectivity index (χ1n) is 7.23. The van der Waals surface area contributed by atoms with Gasteiger partial charge >= 0.3 is 0 Å². The monoisotopic (exact) mass is 279 g/mol. The zero-order valence-corrected chi connectivity index (χ0v) is 13.5. The van der Waals surface area contributed by atoms with E-state index in [1.807, 2.05) is 12.1 Å². The molecule has 2 heteroatoms. The highest BCUT2D eigenvalue weighted by Crippen LogP contribution is 2.67. The number of hydrogen-bond donors (Lipinski definition) is 1. The molecule has 1 aliphatic carbocycles. The van der Waals surface area contributed by atoms with E-state index < -0.39 is 0 Å². The van der Waals surface area contributed by atoms with E-state index in [0.29, 0.717) is 16.9 Å². The zero-order valence-electron chi connectivity index (χ0n) is 12.8. The lowest BCUT2D eigenvalue weighted by Gasteiger charge is -2.15. The molecule has 1 N–H and O–H groups in total. The lowest BCUT2D eigenvalue weighted by Crippen LogP contribution is -2.31. The van der Waals surface area contributed by atoms with E-state index in [2.05, 4.69) is 52.1 Å². The van der Waals surface area contributed by atoms with Crippen LogP contribution in [0, 0.1) is 16.7 Å². The maximum atomic E-state index is 5.91. The molecule has 0 amide bonds. The summed E-state index contributed by atoms with van der Waals surface area (Å²) >= 11 is 5.91. The Bertz CT molecular complexity index is 419. The average molecular weight is 280 g/mol. The Morgan fingerprint density at radius 2 is 1.63 bits per heavy atom. The quantitative estimate of drug-likeness (QED) is 0.834. The summed E-state index contributed by atoms with van der Waals surface area (Å²) in [5, 5.41) is 4.50. The van der Waals surface area contributed by atoms with Gasteiger partial charge in [-0.05, 0) is 54.3 Å². The fourth-order valence-corrected chi connectivity index (χ4v) is 3.33. The minimum Gasteiger partial charge on any atom is -0.314 e. The summed E-state index contributed by atoms with van der Waals surface area (Å²) < 4.78 is 0. The molecule has 1 nitrogen and oxygen atoms in total. The summed E-state index contributed by atoms with van der Waals surface area (Å²) in [6.45, 7) is 12.9. The first-order valence-corrected chi connectivity index (χ1v) is 7.61. The van der Waals surface area contributed by atoms with Crippen LogP contribution in [0.25, 0.3) is 0 Å². The van der Waals surface area contributed by atoms with Crippen LogP contribution in [0.1, 0.15) is 40.2 Å². The Morgan fingerprint density at radius 3 is 2.11 bits per heavy atom. The first kappa shape index (κ1) is 14.9. The predicted molar refractivity (Wildman–Crippen MR) is 83.7 cm³/mol. The maximum Gasteiger partial charge on any atom is 0.0406 e. The molecule has 1 aromatic carbocycles. The molecule has 19 heavy (non-hydrogen) atoms. The van der Waals surface area contributed by atoms with E-state index >= 15 is 0 Å². The van der Waals surface area contributed by atoms with Crippen molar-refractivity contribution in [3.63, 3.8) is 0 Å². The highest BCUT2D eigenvalue weighted by atomic mass is 35.5. The molecule has 0 heterocycles. The van der Waals surface area contributed by atoms with Crippen LogP contribution in [-0.4, -0.2) is 12.6 Å². The van der Waals surface area contributed by atoms with Crippen LogP contribution in [0.15, 0.2) is 24.3 Å². The van der Waals surface area contributed by atoms with Crippen LogP contribution in [0.3, 0.4) is 0 Å². The molecule has 1 aliphatic rings. The molecular formula is C17H26ClN. The highest BCUT2D eigenvalue weighted by molar-refractivity contribution is 6.30. The molecule has 0 aliphatic heterocycles. The third-order valence-corrected chi connectivity index (χ3v) is 5.70. The second-order valence-electron chi connectivity index (χ2n) is 7.14. The molecule has 1 aromatic rings. The van der Waals surface area contributed by atoms with Crippen molar-refractivity contribution in [2.75, 3.05) is 6.54 Å². The summed E-state index contributed by atoms with van der Waals surface area (Å²) in [7, 11) is 0. The van der Waals surface area contributed by atoms with Gasteiger partial charge in [0.1, 0.15) is 0 Å². The molecule has 0 aromatic heterocycles. The fraction of sp³-hybridized carbons (Fsp3) is 0.647. The number of benzene rings is 1. The fourth-order valence-electron chi connectivity index (χ4n) is 3.21.